The van der Waals surface area contributed by atoms with Crippen LogP contribution in [-0.4, -0.2) is 51.4 Å². The summed E-state index contributed by atoms with van der Waals surface area (Å²) in [6, 6.07) is 3.22. The fraction of sp³-hybridized carbons (Fsp3) is 0.417. The molecule has 2 aromatic heterocycles. The maximum Gasteiger partial charge on any atom is 0.327 e. The van der Waals surface area contributed by atoms with Gasteiger partial charge in [0.05, 0.1) is 0 Å². The molecule has 1 fully saturated rings. The molecule has 2 aromatic rings. The summed E-state index contributed by atoms with van der Waals surface area (Å²) in [5, 5.41) is 16.7. The molecule has 3 rings (SSSR count). The zero-order valence-electron chi connectivity index (χ0n) is 10.6. The Bertz CT molecular complexity index is 624. The van der Waals surface area contributed by atoms with Crippen LogP contribution in [0.15, 0.2) is 18.3 Å². The fourth-order valence-corrected chi connectivity index (χ4v) is 2.26. The lowest BCUT2D eigenvalue weighted by atomic mass is 10.2. The molecule has 0 radical (unpaired) electrons. The second-order valence-corrected chi connectivity index (χ2v) is 4.67. The van der Waals surface area contributed by atoms with Crippen molar-refractivity contribution in [3.8, 4) is 0 Å². The Balaban J connectivity index is 1.99. The van der Waals surface area contributed by atoms with Gasteiger partial charge in [0.1, 0.15) is 6.04 Å². The van der Waals surface area contributed by atoms with Crippen molar-refractivity contribution in [1.29, 1.82) is 0 Å². The molecule has 0 aromatic carbocycles. The third-order valence-corrected chi connectivity index (χ3v) is 3.25. The quantitative estimate of drug-likeness (QED) is 0.785. The smallest absolute Gasteiger partial charge is 0.327 e. The zero-order chi connectivity index (χ0) is 13.4. The van der Waals surface area contributed by atoms with Gasteiger partial charge in [-0.3, -0.25) is 0 Å². The maximum atomic E-state index is 11.3. The summed E-state index contributed by atoms with van der Waals surface area (Å²) in [6.07, 6.45) is 1.88. The van der Waals surface area contributed by atoms with Crippen LogP contribution in [0.3, 0.4) is 0 Å². The number of nitrogens with one attached hydrogen (secondary N) is 1. The Kier molecular flexibility index (Phi) is 2.83. The Labute approximate surface area is 109 Å². The number of fused-ring (bicyclic) bond motifs is 1. The minimum absolute atomic E-state index is 0.407. The normalized spacial score (nSPS) is 19.8. The molecule has 1 unspecified atom stereocenters. The van der Waals surface area contributed by atoms with E-state index in [9.17, 15) is 9.90 Å². The van der Waals surface area contributed by atoms with Gasteiger partial charge in [0, 0.05) is 25.8 Å². The Morgan fingerprint density at radius 1 is 1.53 bits per heavy atom. The summed E-state index contributed by atoms with van der Waals surface area (Å²) in [4.78, 5) is 17.4. The average Bonchev–Trinajstić information content (AvgIpc) is 2.81. The summed E-state index contributed by atoms with van der Waals surface area (Å²) in [5.74, 6) is -0.387. The molecule has 0 amide bonds. The molecular weight excluding hydrogens is 246 g/mol. The number of rotatable bonds is 2. The second kappa shape index (κ2) is 4.51. The zero-order valence-corrected chi connectivity index (χ0v) is 10.6. The number of carbonyl (C=O) groups is 1. The summed E-state index contributed by atoms with van der Waals surface area (Å²) in [7, 11) is 0. The lowest BCUT2D eigenvalue weighted by Crippen LogP contribution is -2.55. The fourth-order valence-electron chi connectivity index (χ4n) is 2.26. The van der Waals surface area contributed by atoms with E-state index in [1.807, 2.05) is 25.3 Å². The van der Waals surface area contributed by atoms with Crippen molar-refractivity contribution in [3.05, 3.63) is 23.9 Å². The van der Waals surface area contributed by atoms with Crippen LogP contribution in [-0.2, 0) is 4.79 Å². The minimum Gasteiger partial charge on any atom is -0.480 e. The summed E-state index contributed by atoms with van der Waals surface area (Å²) >= 11 is 0. The monoisotopic (exact) mass is 261 g/mol. The first-order valence-electron chi connectivity index (χ1n) is 6.18. The first kappa shape index (κ1) is 11.9. The molecule has 0 spiro atoms. The molecule has 1 aliphatic heterocycles. The lowest BCUT2D eigenvalue weighted by molar-refractivity contribution is -0.138. The van der Waals surface area contributed by atoms with E-state index in [1.54, 1.807) is 9.42 Å². The predicted molar refractivity (Wildman–Crippen MR) is 69.4 cm³/mol. The van der Waals surface area contributed by atoms with Gasteiger partial charge in [0.2, 0.25) is 5.95 Å². The number of carboxylic acids is 1. The maximum absolute atomic E-state index is 11.3. The molecule has 7 heteroatoms. The van der Waals surface area contributed by atoms with E-state index in [0.29, 0.717) is 19.0 Å². The van der Waals surface area contributed by atoms with E-state index in [1.165, 1.54) is 0 Å². The van der Waals surface area contributed by atoms with Gasteiger partial charge < -0.3 is 15.3 Å². The van der Waals surface area contributed by atoms with E-state index in [2.05, 4.69) is 15.4 Å². The Morgan fingerprint density at radius 2 is 2.37 bits per heavy atom. The summed E-state index contributed by atoms with van der Waals surface area (Å²) in [5.41, 5.74) is 1.81. The summed E-state index contributed by atoms with van der Waals surface area (Å²) < 4.78 is 1.69. The molecule has 19 heavy (non-hydrogen) atoms. The molecule has 0 saturated carbocycles. The van der Waals surface area contributed by atoms with E-state index in [0.717, 1.165) is 17.8 Å². The summed E-state index contributed by atoms with van der Waals surface area (Å²) in [6.45, 7) is 3.71. The third kappa shape index (κ3) is 2.12. The van der Waals surface area contributed by atoms with E-state index < -0.39 is 12.0 Å². The highest BCUT2D eigenvalue weighted by molar-refractivity contribution is 5.78. The van der Waals surface area contributed by atoms with Gasteiger partial charge in [0.15, 0.2) is 5.65 Å². The van der Waals surface area contributed by atoms with Gasteiger partial charge in [0.25, 0.3) is 0 Å². The van der Waals surface area contributed by atoms with Gasteiger partial charge in [-0.2, -0.15) is 4.98 Å². The van der Waals surface area contributed by atoms with E-state index >= 15 is 0 Å². The minimum atomic E-state index is -0.859. The van der Waals surface area contributed by atoms with Crippen molar-refractivity contribution < 1.29 is 9.90 Å². The molecule has 0 aliphatic carbocycles. The van der Waals surface area contributed by atoms with E-state index in [4.69, 9.17) is 0 Å². The SMILES string of the molecule is Cc1ccc2nc(N3CCNCC3C(=O)O)nn2c1. The molecule has 7 nitrogen and oxygen atoms in total. The molecular formula is C12H15N5O2. The number of piperazine rings is 1. The number of aliphatic carboxylic acids is 1. The largest absolute Gasteiger partial charge is 0.480 e. The molecule has 1 aliphatic rings. The van der Waals surface area contributed by atoms with Gasteiger partial charge in [-0.25, -0.2) is 9.31 Å². The van der Waals surface area contributed by atoms with Crippen molar-refractivity contribution >= 4 is 17.6 Å². The highest BCUT2D eigenvalue weighted by Gasteiger charge is 2.30. The molecule has 1 saturated heterocycles. The van der Waals surface area contributed by atoms with Gasteiger partial charge in [-0.1, -0.05) is 6.07 Å². The van der Waals surface area contributed by atoms with Crippen LogP contribution in [0, 0.1) is 6.92 Å². The number of nitrogens with zero attached hydrogens (tertiary/aromatic N) is 4. The van der Waals surface area contributed by atoms with Crippen LogP contribution in [0.4, 0.5) is 5.95 Å². The molecule has 2 N–H and O–H groups in total. The predicted octanol–water partition coefficient (Wildman–Crippen LogP) is -0.0995. The van der Waals surface area contributed by atoms with Crippen molar-refractivity contribution in [2.24, 2.45) is 0 Å². The number of carboxylic acid groups (broad SMARTS) is 1. The second-order valence-electron chi connectivity index (χ2n) is 4.67. The van der Waals surface area contributed by atoms with Crippen molar-refractivity contribution in [2.75, 3.05) is 24.5 Å². The van der Waals surface area contributed by atoms with Crippen molar-refractivity contribution in [2.45, 2.75) is 13.0 Å². The highest BCUT2D eigenvalue weighted by Crippen LogP contribution is 2.16. The number of hydrogen-bond acceptors (Lipinski definition) is 5. The number of hydrogen-bond donors (Lipinski definition) is 2. The van der Waals surface area contributed by atoms with Crippen LogP contribution in [0.1, 0.15) is 5.56 Å². The lowest BCUT2D eigenvalue weighted by Gasteiger charge is -2.32. The molecule has 100 valence electrons. The molecule has 1 atom stereocenters. The Hall–Kier alpha value is -2.15. The third-order valence-electron chi connectivity index (χ3n) is 3.25. The topological polar surface area (TPSA) is 82.8 Å². The van der Waals surface area contributed by atoms with Gasteiger partial charge >= 0.3 is 5.97 Å². The van der Waals surface area contributed by atoms with Crippen LogP contribution < -0.4 is 10.2 Å². The van der Waals surface area contributed by atoms with Gasteiger partial charge in [-0.05, 0) is 18.6 Å². The number of aromatic nitrogens is 3. The van der Waals surface area contributed by atoms with E-state index in [-0.39, 0.29) is 0 Å². The van der Waals surface area contributed by atoms with Crippen molar-refractivity contribution in [3.63, 3.8) is 0 Å². The average molecular weight is 261 g/mol. The Morgan fingerprint density at radius 3 is 3.16 bits per heavy atom. The molecule has 3 heterocycles. The van der Waals surface area contributed by atoms with Crippen LogP contribution >= 0.6 is 0 Å². The first-order valence-corrected chi connectivity index (χ1v) is 6.18. The van der Waals surface area contributed by atoms with Crippen LogP contribution in [0.5, 0.6) is 0 Å². The number of pyridine rings is 1. The first-order chi connectivity index (χ1) is 9.15. The van der Waals surface area contributed by atoms with Gasteiger partial charge in [-0.15, -0.1) is 5.10 Å². The van der Waals surface area contributed by atoms with Crippen LogP contribution in [0.25, 0.3) is 5.65 Å². The molecule has 0 bridgehead atoms. The number of aryl methyl sites for hydroxylation is 1. The highest BCUT2D eigenvalue weighted by atomic mass is 16.4. The van der Waals surface area contributed by atoms with Crippen LogP contribution in [0.2, 0.25) is 0 Å². The standard InChI is InChI=1S/C12H15N5O2/c1-8-2-3-10-14-12(15-17(10)7-8)16-5-4-13-6-9(16)11(18)19/h2-3,7,9,13H,4-6H2,1H3,(H,18,19). The number of anilines is 1. The van der Waals surface area contributed by atoms with Crippen molar-refractivity contribution in [1.82, 2.24) is 19.9 Å².